The summed E-state index contributed by atoms with van der Waals surface area (Å²) in [5.74, 6) is 1.11. The lowest BCUT2D eigenvalue weighted by molar-refractivity contribution is 0.0485. The van der Waals surface area contributed by atoms with Crippen molar-refractivity contribution in [1.29, 1.82) is 0 Å². The molecule has 1 aromatic rings. The van der Waals surface area contributed by atoms with Crippen LogP contribution < -0.4 is 5.32 Å². The highest BCUT2D eigenvalue weighted by molar-refractivity contribution is 5.92. The second kappa shape index (κ2) is 6.22. The molecule has 5 heteroatoms. The summed E-state index contributed by atoms with van der Waals surface area (Å²) in [6, 6.07) is 8.38. The molecule has 5 nitrogen and oxygen atoms in total. The van der Waals surface area contributed by atoms with Gasteiger partial charge in [0.25, 0.3) is 0 Å². The highest BCUT2D eigenvalue weighted by Gasteiger charge is 2.27. The van der Waals surface area contributed by atoms with Crippen LogP contribution in [0.25, 0.3) is 0 Å². The molecule has 1 N–H and O–H groups in total. The molecule has 0 spiro atoms. The highest BCUT2D eigenvalue weighted by atomic mass is 16.6. The lowest BCUT2D eigenvalue weighted by Gasteiger charge is -2.34. The number of hydrogen-bond acceptors (Lipinski definition) is 4. The van der Waals surface area contributed by atoms with Crippen molar-refractivity contribution in [3.63, 3.8) is 0 Å². The molecule has 0 radical (unpaired) electrons. The summed E-state index contributed by atoms with van der Waals surface area (Å²) < 4.78 is 5.35. The molecule has 0 bridgehead atoms. The number of rotatable bonds is 1. The molecule has 2 aliphatic heterocycles. The minimum atomic E-state index is -0.463. The number of hydrogen-bond donors (Lipinski definition) is 1. The standard InChI is InChI=1S/C18H25N3O2/c1-18(2,3)23-17(22)19-14-8-6-10-21(12-14)16-11-13-7-4-5-9-15(13)20-16/h4-5,7,9,14H,6,8,10-12H2,1-3H3,(H,19,22)/t14-/m0/s1. The van der Waals surface area contributed by atoms with Gasteiger partial charge < -0.3 is 15.0 Å². The molecular formula is C18H25N3O2. The highest BCUT2D eigenvalue weighted by Crippen LogP contribution is 2.28. The van der Waals surface area contributed by atoms with Crippen LogP contribution in [0.4, 0.5) is 10.5 Å². The maximum absolute atomic E-state index is 12.0. The summed E-state index contributed by atoms with van der Waals surface area (Å²) in [6.07, 6.45) is 2.59. The van der Waals surface area contributed by atoms with Gasteiger partial charge in [-0.05, 0) is 45.2 Å². The normalized spacial score (nSPS) is 20.7. The van der Waals surface area contributed by atoms with Crippen molar-refractivity contribution in [2.75, 3.05) is 13.1 Å². The van der Waals surface area contributed by atoms with Gasteiger partial charge in [0.1, 0.15) is 11.4 Å². The molecule has 0 aromatic heterocycles. The molecule has 1 saturated heterocycles. The largest absolute Gasteiger partial charge is 0.444 e. The van der Waals surface area contributed by atoms with Crippen LogP contribution in [-0.2, 0) is 11.2 Å². The Hall–Kier alpha value is -2.04. The Bertz CT molecular complexity index is 619. The number of nitrogens with zero attached hydrogens (tertiary/aromatic N) is 2. The average Bonchev–Trinajstić information content (AvgIpc) is 2.89. The van der Waals surface area contributed by atoms with Gasteiger partial charge in [-0.2, -0.15) is 0 Å². The van der Waals surface area contributed by atoms with Crippen molar-refractivity contribution in [2.45, 2.75) is 51.7 Å². The van der Waals surface area contributed by atoms with Gasteiger partial charge in [-0.25, -0.2) is 9.79 Å². The number of amides is 1. The van der Waals surface area contributed by atoms with E-state index in [9.17, 15) is 4.79 Å². The van der Waals surface area contributed by atoms with Crippen LogP contribution in [-0.4, -0.2) is 41.6 Å². The first-order chi connectivity index (χ1) is 10.9. The second-order valence-corrected chi connectivity index (χ2v) is 7.26. The van der Waals surface area contributed by atoms with Crippen molar-refractivity contribution in [1.82, 2.24) is 10.2 Å². The Morgan fingerprint density at radius 3 is 2.87 bits per heavy atom. The van der Waals surface area contributed by atoms with E-state index in [2.05, 4.69) is 28.4 Å². The van der Waals surface area contributed by atoms with Crippen molar-refractivity contribution >= 4 is 17.6 Å². The summed E-state index contributed by atoms with van der Waals surface area (Å²) in [5.41, 5.74) is 1.89. The average molecular weight is 315 g/mol. The van der Waals surface area contributed by atoms with E-state index in [0.29, 0.717) is 0 Å². The Balaban J connectivity index is 1.58. The molecule has 1 fully saturated rings. The molecule has 2 heterocycles. The fourth-order valence-electron chi connectivity index (χ4n) is 3.10. The number of alkyl carbamates (subject to hydrolysis) is 1. The minimum Gasteiger partial charge on any atom is -0.444 e. The van der Waals surface area contributed by atoms with E-state index in [0.717, 1.165) is 43.9 Å². The van der Waals surface area contributed by atoms with E-state index in [1.165, 1.54) is 5.56 Å². The zero-order valence-electron chi connectivity index (χ0n) is 14.1. The van der Waals surface area contributed by atoms with Gasteiger partial charge >= 0.3 is 6.09 Å². The number of fused-ring (bicyclic) bond motifs is 1. The third-order valence-electron chi connectivity index (χ3n) is 4.10. The molecule has 0 unspecified atom stereocenters. The van der Waals surface area contributed by atoms with Crippen molar-refractivity contribution < 1.29 is 9.53 Å². The van der Waals surface area contributed by atoms with Crippen LogP contribution in [0.15, 0.2) is 29.3 Å². The first kappa shape index (κ1) is 15.8. The third kappa shape index (κ3) is 4.03. The van der Waals surface area contributed by atoms with Crippen LogP contribution in [0.1, 0.15) is 39.2 Å². The number of piperidine rings is 1. The predicted octanol–water partition coefficient (Wildman–Crippen LogP) is 3.26. The molecule has 3 rings (SSSR count). The molecule has 2 aliphatic rings. The maximum atomic E-state index is 12.0. The zero-order chi connectivity index (χ0) is 16.4. The summed E-state index contributed by atoms with van der Waals surface area (Å²) >= 11 is 0. The smallest absolute Gasteiger partial charge is 0.407 e. The SMILES string of the molecule is CC(C)(C)OC(=O)N[C@H]1CCCN(C2=Nc3ccccc3C2)C1. The van der Waals surface area contributed by atoms with Crippen LogP contribution in [0.5, 0.6) is 0 Å². The molecule has 1 amide bonds. The van der Waals surface area contributed by atoms with Gasteiger partial charge in [-0.15, -0.1) is 0 Å². The topological polar surface area (TPSA) is 53.9 Å². The minimum absolute atomic E-state index is 0.116. The van der Waals surface area contributed by atoms with Gasteiger partial charge in [0, 0.05) is 25.6 Å². The molecule has 124 valence electrons. The lowest BCUT2D eigenvalue weighted by atomic mass is 10.0. The number of nitrogens with one attached hydrogen (secondary N) is 1. The quantitative estimate of drug-likeness (QED) is 0.865. The van der Waals surface area contributed by atoms with Crippen LogP contribution >= 0.6 is 0 Å². The Kier molecular flexibility index (Phi) is 4.28. The molecule has 0 aliphatic carbocycles. The first-order valence-electron chi connectivity index (χ1n) is 8.31. The van der Waals surface area contributed by atoms with Gasteiger partial charge in [0.15, 0.2) is 0 Å². The van der Waals surface area contributed by atoms with E-state index in [1.807, 2.05) is 26.8 Å². The van der Waals surface area contributed by atoms with Gasteiger partial charge in [-0.3, -0.25) is 0 Å². The molecule has 23 heavy (non-hydrogen) atoms. The fourth-order valence-corrected chi connectivity index (χ4v) is 3.10. The van der Waals surface area contributed by atoms with Crippen LogP contribution in [0.2, 0.25) is 0 Å². The van der Waals surface area contributed by atoms with E-state index < -0.39 is 5.60 Å². The Morgan fingerprint density at radius 2 is 2.13 bits per heavy atom. The maximum Gasteiger partial charge on any atom is 0.407 e. The van der Waals surface area contributed by atoms with Crippen molar-refractivity contribution in [2.24, 2.45) is 4.99 Å². The molecule has 0 saturated carbocycles. The third-order valence-corrected chi connectivity index (χ3v) is 4.10. The monoisotopic (exact) mass is 315 g/mol. The van der Waals surface area contributed by atoms with Crippen LogP contribution in [0, 0.1) is 0 Å². The summed E-state index contributed by atoms with van der Waals surface area (Å²) in [4.78, 5) is 19.0. The number of amidine groups is 1. The summed E-state index contributed by atoms with van der Waals surface area (Å²) in [6.45, 7) is 7.43. The van der Waals surface area contributed by atoms with Gasteiger partial charge in [0.2, 0.25) is 0 Å². The Labute approximate surface area is 137 Å². The van der Waals surface area contributed by atoms with Crippen LogP contribution in [0.3, 0.4) is 0 Å². The Morgan fingerprint density at radius 1 is 1.35 bits per heavy atom. The number of benzene rings is 1. The predicted molar refractivity (Wildman–Crippen MR) is 91.2 cm³/mol. The fraction of sp³-hybridized carbons (Fsp3) is 0.556. The van der Waals surface area contributed by atoms with Gasteiger partial charge in [0.05, 0.1) is 5.69 Å². The van der Waals surface area contributed by atoms with Gasteiger partial charge in [-0.1, -0.05) is 18.2 Å². The first-order valence-corrected chi connectivity index (χ1v) is 8.31. The number of para-hydroxylation sites is 1. The number of likely N-dealkylation sites (tertiary alicyclic amines) is 1. The number of ether oxygens (including phenoxy) is 1. The van der Waals surface area contributed by atoms with Crippen molar-refractivity contribution in [3.8, 4) is 0 Å². The number of carbonyl (C=O) groups excluding carboxylic acids is 1. The number of carbonyl (C=O) groups is 1. The van der Waals surface area contributed by atoms with E-state index in [1.54, 1.807) is 0 Å². The lowest BCUT2D eigenvalue weighted by Crippen LogP contribution is -2.50. The van der Waals surface area contributed by atoms with E-state index in [4.69, 9.17) is 9.73 Å². The van der Waals surface area contributed by atoms with E-state index in [-0.39, 0.29) is 12.1 Å². The number of aliphatic imine (C=N–C) groups is 1. The molecular weight excluding hydrogens is 290 g/mol. The summed E-state index contributed by atoms with van der Waals surface area (Å²) in [5, 5.41) is 2.99. The molecule has 1 aromatic carbocycles. The second-order valence-electron chi connectivity index (χ2n) is 7.26. The van der Waals surface area contributed by atoms with E-state index >= 15 is 0 Å². The molecule has 1 atom stereocenters. The zero-order valence-corrected chi connectivity index (χ0v) is 14.1. The summed E-state index contributed by atoms with van der Waals surface area (Å²) in [7, 11) is 0. The van der Waals surface area contributed by atoms with Crippen molar-refractivity contribution in [3.05, 3.63) is 29.8 Å².